The molecule has 0 aliphatic rings. The van der Waals surface area contributed by atoms with Crippen LogP contribution in [0.1, 0.15) is 99.2 Å². The Labute approximate surface area is 796 Å². The second-order valence-corrected chi connectivity index (χ2v) is 32.7. The topological polar surface area (TPSA) is 438 Å². The second kappa shape index (κ2) is 46.2. The van der Waals surface area contributed by atoms with Crippen LogP contribution in [0.25, 0.3) is 54.1 Å². The van der Waals surface area contributed by atoms with Gasteiger partial charge in [0.1, 0.15) is 46.7 Å². The van der Waals surface area contributed by atoms with Gasteiger partial charge in [0.25, 0.3) is 29.5 Å². The summed E-state index contributed by atoms with van der Waals surface area (Å²) in [7, 11) is 1.37. The summed E-state index contributed by atoms with van der Waals surface area (Å²) in [6, 6.07) is 55.6. The maximum absolute atomic E-state index is 13.9. The van der Waals surface area contributed by atoms with Gasteiger partial charge < -0.3 is 64.1 Å². The number of anilines is 4. The Morgan fingerprint density at radius 1 is 0.357 bits per heavy atom. The van der Waals surface area contributed by atoms with Crippen LogP contribution in [-0.2, 0) is 70.8 Å². The molecule has 37 heteroatoms. The summed E-state index contributed by atoms with van der Waals surface area (Å²) in [6.45, 7) is 0.393. The number of nitrogens with zero attached hydrogens (tertiary/aromatic N) is 8. The van der Waals surface area contributed by atoms with Gasteiger partial charge in [0.2, 0.25) is 17.6 Å². The highest BCUT2D eigenvalue weighted by Crippen LogP contribution is 2.28. The van der Waals surface area contributed by atoms with Crippen LogP contribution >= 0.6 is 11.3 Å². The SMILES string of the molecule is COc1cc(C(=O)N[C@@H](Cc2ccc(F)c(F)c2)C(=O)CCc2ccc3c(N)nccc3c2)on1.Nc1nccc2cc(CCC(=O)[C@H](Cc3ccc(F)c(F)c3)NC(=O)c3ccc4ncccc4n3)ccc12.Nc1nccc2cc(CNC(=O)[C@H](Cc3ccc(F)c(F)c3)NC(=O)c3ccccc3)ccc12.Nc1nccc2cc(CNC(=O)[C@H](Cc3ccc(F)c(F)c3)NC(=O)c3cscn3)ccc12. The molecule has 0 aliphatic heterocycles. The summed E-state index contributed by atoms with van der Waals surface area (Å²) >= 11 is 1.24. The van der Waals surface area contributed by atoms with E-state index in [-0.39, 0.29) is 86.2 Å². The number of pyridine rings is 6. The second-order valence-electron chi connectivity index (χ2n) is 32.0. The fraction of sp³-hybridized carbons (Fsp3) is 0.146. The van der Waals surface area contributed by atoms with Gasteiger partial charge in [0.15, 0.2) is 58.1 Å². The Morgan fingerprint density at radius 2 is 0.743 bits per heavy atom. The molecule has 8 heterocycles. The number of nitrogens with two attached hydrogens (primary N) is 4. The third kappa shape index (κ3) is 26.2. The molecule has 17 rings (SSSR count). The highest BCUT2D eigenvalue weighted by atomic mass is 32.1. The number of thiazole rings is 1. The van der Waals surface area contributed by atoms with Crippen molar-refractivity contribution < 1.29 is 82.7 Å². The average molecular weight is 1920 g/mol. The Morgan fingerprint density at radius 3 is 1.15 bits per heavy atom. The first-order valence-electron chi connectivity index (χ1n) is 43.3. The molecule has 8 aromatic heterocycles. The average Bonchev–Trinajstić information content (AvgIpc) is 1.01. The lowest BCUT2D eigenvalue weighted by Gasteiger charge is -2.19. The fourth-order valence-corrected chi connectivity index (χ4v) is 15.5. The van der Waals surface area contributed by atoms with Crippen molar-refractivity contribution in [2.45, 2.75) is 88.6 Å². The Hall–Kier alpha value is -17.4. The summed E-state index contributed by atoms with van der Waals surface area (Å²) < 4.78 is 118. The summed E-state index contributed by atoms with van der Waals surface area (Å²) in [6.07, 6.45) is 9.03. The first kappa shape index (κ1) is 98.6. The number of carbonyl (C=O) groups excluding carboxylic acids is 8. The predicted octanol–water partition coefficient (Wildman–Crippen LogP) is 15.2. The molecule has 4 atom stereocenters. The van der Waals surface area contributed by atoms with Crippen LogP contribution in [0.2, 0.25) is 0 Å². The van der Waals surface area contributed by atoms with Crippen LogP contribution in [0.15, 0.2) is 277 Å². The van der Waals surface area contributed by atoms with E-state index >= 15 is 0 Å². The summed E-state index contributed by atoms with van der Waals surface area (Å²) in [5.41, 5.74) is 31.8. The van der Waals surface area contributed by atoms with Gasteiger partial charge in [-0.2, -0.15) is 0 Å². The Balaban J connectivity index is 0.000000149. The van der Waals surface area contributed by atoms with Crippen LogP contribution < -0.4 is 59.6 Å². The van der Waals surface area contributed by atoms with Crippen molar-refractivity contribution in [2.75, 3.05) is 30.0 Å². The van der Waals surface area contributed by atoms with E-state index in [4.69, 9.17) is 32.2 Å². The van der Waals surface area contributed by atoms with Crippen LogP contribution in [-0.4, -0.2) is 118 Å². The zero-order valence-corrected chi connectivity index (χ0v) is 75.1. The summed E-state index contributed by atoms with van der Waals surface area (Å²) in [5, 5.41) is 28.2. The number of fused-ring (bicyclic) bond motifs is 5. The number of aryl methyl sites for hydroxylation is 2. The minimum absolute atomic E-state index is 0.00314. The monoisotopic (exact) mass is 1920 g/mol. The van der Waals surface area contributed by atoms with Crippen LogP contribution in [0.4, 0.5) is 58.4 Å². The molecule has 28 nitrogen and oxygen atoms in total. The van der Waals surface area contributed by atoms with Gasteiger partial charge in [-0.25, -0.2) is 65.0 Å². The lowest BCUT2D eigenvalue weighted by molar-refractivity contribution is -0.123. The van der Waals surface area contributed by atoms with E-state index in [1.54, 1.807) is 84.9 Å². The number of ketones is 2. The van der Waals surface area contributed by atoms with Gasteiger partial charge in [0.05, 0.1) is 41.8 Å². The molecule has 17 aromatic rings. The van der Waals surface area contributed by atoms with E-state index in [2.05, 4.69) is 71.9 Å². The molecule has 0 fully saturated rings. The third-order valence-electron chi connectivity index (χ3n) is 22.3. The number of amides is 6. The molecular formula is C103H86F8N18O10S. The maximum Gasteiger partial charge on any atom is 0.290 e. The van der Waals surface area contributed by atoms with E-state index in [1.807, 2.05) is 97.1 Å². The maximum atomic E-state index is 13.9. The van der Waals surface area contributed by atoms with E-state index in [9.17, 15) is 73.5 Å². The lowest BCUT2D eigenvalue weighted by atomic mass is 9.96. The van der Waals surface area contributed by atoms with E-state index in [1.165, 1.54) is 60.4 Å². The number of hydrogen-bond donors (Lipinski definition) is 10. The minimum Gasteiger partial charge on any atom is -0.479 e. The fourth-order valence-electron chi connectivity index (χ4n) is 15.0. The van der Waals surface area contributed by atoms with Crippen molar-refractivity contribution in [1.29, 1.82) is 0 Å². The molecular weight excluding hydrogens is 1830 g/mol. The molecule has 6 amide bonds. The molecule has 140 heavy (non-hydrogen) atoms. The molecule has 0 bridgehead atoms. The smallest absolute Gasteiger partial charge is 0.290 e. The van der Waals surface area contributed by atoms with Crippen LogP contribution in [0.5, 0.6) is 5.88 Å². The number of benzene rings is 9. The molecule has 0 unspecified atom stereocenters. The zero-order valence-electron chi connectivity index (χ0n) is 74.3. The number of nitrogens with one attached hydrogen (secondary N) is 6. The van der Waals surface area contributed by atoms with E-state index < -0.39 is 106 Å². The minimum atomic E-state index is -1.04. The molecule has 0 saturated heterocycles. The Bertz CT molecular complexity index is 7460. The first-order chi connectivity index (χ1) is 67.5. The van der Waals surface area contributed by atoms with Crippen LogP contribution in [0, 0.1) is 46.5 Å². The van der Waals surface area contributed by atoms with Gasteiger partial charge in [-0.05, 0) is 218 Å². The highest BCUT2D eigenvalue weighted by Gasteiger charge is 2.30. The molecule has 0 spiro atoms. The zero-order chi connectivity index (χ0) is 99.0. The first-order valence-corrected chi connectivity index (χ1v) is 44.2. The number of ether oxygens (including phenoxy) is 1. The number of carbonyl (C=O) groups is 8. The molecule has 9 aromatic carbocycles. The molecule has 0 radical (unpaired) electrons. The standard InChI is InChI=1S/C29H23F2N5O2.C26H22F2N4O2.C25H22F2N4O4.C23H19F2N5O2S/c30-21-7-4-18(15-22(21)31)16-26(36-29(38)25-9-8-23-24(35-25)2-1-12-33-23)27(37)10-5-17-3-6-20-19(14-17)11-13-34-28(20)32;27-21-9-7-16(13-22(21)28)14-23(32-25(33)18-4-2-1-3-5-18)26(34)31-15-17-6-8-20-19(12-17)10-11-30-24(20)29;1-34-23-13-22(35-31-23)25(33)30-20(12-15-3-6-18(26)19(27)11-15)21(32)7-4-14-2-5-17-16(10-14)8-9-29-24(17)28;24-17-4-2-13(8-18(17)25)9-19(30-23(32)20-11-33-12-29-20)22(31)28-10-14-1-3-16-15(7-14)5-6-27-21(16)26/h1-4,6-9,11-15,26H,5,10,16H2,(H2,32,34)(H,36,38);1-13,23H,14-15H2,(H2,29,30)(H,31,34)(H,32,33);2-3,5-6,8-11,13,20H,4,7,12H2,1H3,(H2,28,29)(H,30,33);1-8,11-12,19H,9-10H2,(H2,26,27)(H,28,31)(H,30,32)/t26-;23-;20-;19-/m0000/s1. The molecule has 0 saturated carbocycles. The quantitative estimate of drug-likeness (QED) is 0.0180. The summed E-state index contributed by atoms with van der Waals surface area (Å²) in [5.74, 6) is -10.1. The largest absolute Gasteiger partial charge is 0.479 e. The van der Waals surface area contributed by atoms with Crippen molar-refractivity contribution in [3.05, 3.63) is 386 Å². The normalized spacial score (nSPS) is 11.8. The molecule has 0 aliphatic carbocycles. The van der Waals surface area contributed by atoms with Crippen molar-refractivity contribution in [3.63, 3.8) is 0 Å². The lowest BCUT2D eigenvalue weighted by Crippen LogP contribution is -2.48. The van der Waals surface area contributed by atoms with E-state index in [0.717, 1.165) is 114 Å². The Kier molecular flexibility index (Phi) is 32.6. The highest BCUT2D eigenvalue weighted by molar-refractivity contribution is 7.07. The number of rotatable bonds is 31. The third-order valence-corrected chi connectivity index (χ3v) is 22.9. The van der Waals surface area contributed by atoms with Gasteiger partial charge in [-0.15, -0.1) is 11.3 Å². The van der Waals surface area contributed by atoms with Crippen molar-refractivity contribution in [2.24, 2.45) is 0 Å². The molecule has 14 N–H and O–H groups in total. The van der Waals surface area contributed by atoms with Gasteiger partial charge in [0, 0.05) is 102 Å². The van der Waals surface area contributed by atoms with Crippen LogP contribution in [0.3, 0.4) is 0 Å². The number of halogens is 8. The number of aromatic nitrogens is 8. The van der Waals surface area contributed by atoms with Crippen molar-refractivity contribution in [1.82, 2.24) is 71.9 Å². The number of Topliss-reactive ketones (excluding diaryl/α,β-unsaturated/α-hetero) is 2. The number of hydrogen-bond acceptors (Lipinski definition) is 23. The van der Waals surface area contributed by atoms with Gasteiger partial charge >= 0.3 is 0 Å². The van der Waals surface area contributed by atoms with E-state index in [0.29, 0.717) is 75.0 Å². The van der Waals surface area contributed by atoms with Gasteiger partial charge in [-0.3, -0.25) is 43.3 Å². The number of nitrogen functional groups attached to an aromatic ring is 4. The van der Waals surface area contributed by atoms with Crippen molar-refractivity contribution >= 4 is 136 Å². The number of methoxy groups -OCH3 is 1. The van der Waals surface area contributed by atoms with Crippen molar-refractivity contribution in [3.8, 4) is 5.88 Å². The predicted molar refractivity (Wildman–Crippen MR) is 511 cm³/mol. The van der Waals surface area contributed by atoms with Gasteiger partial charge in [-0.1, -0.05) is 103 Å². The molecule has 710 valence electrons. The summed E-state index contributed by atoms with van der Waals surface area (Å²) in [4.78, 5) is 132.